The van der Waals surface area contributed by atoms with Gasteiger partial charge < -0.3 is 10.6 Å². The molecule has 23 heavy (non-hydrogen) atoms. The van der Waals surface area contributed by atoms with Crippen LogP contribution in [0.1, 0.15) is 32.1 Å². The Labute approximate surface area is 140 Å². The van der Waals surface area contributed by atoms with Gasteiger partial charge in [0.1, 0.15) is 17.8 Å². The molecule has 1 amide bonds. The average Bonchev–Trinajstić information content (AvgIpc) is 3.34. The molecular weight excluding hydrogens is 310 g/mol. The number of thioether (sulfide) groups is 1. The molecule has 3 aliphatic rings. The lowest BCUT2D eigenvalue weighted by molar-refractivity contribution is -0.118. The fourth-order valence-corrected chi connectivity index (χ4v) is 3.72. The number of rotatable bonds is 2. The minimum atomic E-state index is -0.631. The topological polar surface area (TPSA) is 89.6 Å². The Morgan fingerprint density at radius 1 is 1.39 bits per heavy atom. The number of carbonyl (C=O) groups is 1. The zero-order valence-corrected chi connectivity index (χ0v) is 13.9. The summed E-state index contributed by atoms with van der Waals surface area (Å²) in [5.74, 6) is 0.534. The second-order valence-electron chi connectivity index (χ2n) is 6.25. The van der Waals surface area contributed by atoms with Crippen LogP contribution in [0, 0.1) is 22.7 Å². The molecule has 2 heterocycles. The van der Waals surface area contributed by atoms with E-state index in [1.54, 1.807) is 0 Å². The van der Waals surface area contributed by atoms with E-state index in [0.29, 0.717) is 16.8 Å². The minimum absolute atomic E-state index is 0.0760. The smallest absolute Gasteiger partial charge is 0.247 e. The normalized spacial score (nSPS) is 28.0. The second-order valence-corrected chi connectivity index (χ2v) is 7.34. The van der Waals surface area contributed by atoms with Crippen molar-refractivity contribution in [1.82, 2.24) is 10.6 Å². The molecule has 6 nitrogen and oxygen atoms in total. The lowest BCUT2D eigenvalue weighted by Gasteiger charge is -2.16. The van der Waals surface area contributed by atoms with Crippen molar-refractivity contribution in [3.63, 3.8) is 0 Å². The minimum Gasteiger partial charge on any atom is -0.316 e. The molecule has 1 atom stereocenters. The maximum Gasteiger partial charge on any atom is 0.247 e. The highest BCUT2D eigenvalue weighted by Crippen LogP contribution is 2.46. The lowest BCUT2D eigenvalue weighted by atomic mass is 10.1. The van der Waals surface area contributed by atoms with Crippen molar-refractivity contribution in [2.24, 2.45) is 21.3 Å². The van der Waals surface area contributed by atoms with Gasteiger partial charge in [-0.2, -0.15) is 5.26 Å². The Morgan fingerprint density at radius 2 is 2.22 bits per heavy atom. The van der Waals surface area contributed by atoms with Crippen LogP contribution >= 0.6 is 11.8 Å². The van der Waals surface area contributed by atoms with Gasteiger partial charge in [-0.15, -0.1) is 0 Å². The molecule has 2 N–H and O–H groups in total. The quantitative estimate of drug-likeness (QED) is 0.807. The standard InChI is InChI=1S/C16H21N5OS/c1-11-20-15(16(10-17)5-6-16)21-13(22)9-19-14(23-11)12-4-2-3-7-18-8-12/h12,18H,1-9H2,(H,20,21,22)/t12-/m0/s1. The summed E-state index contributed by atoms with van der Waals surface area (Å²) in [5, 5.41) is 17.0. The Hall–Kier alpha value is -1.65. The van der Waals surface area contributed by atoms with Gasteiger partial charge in [0.05, 0.1) is 16.1 Å². The third kappa shape index (κ3) is 3.82. The predicted octanol–water partition coefficient (Wildman–Crippen LogP) is 1.81. The van der Waals surface area contributed by atoms with Crippen LogP contribution < -0.4 is 10.6 Å². The molecular formula is C16H21N5OS. The summed E-state index contributed by atoms with van der Waals surface area (Å²) in [4.78, 5) is 21.1. The van der Waals surface area contributed by atoms with Crippen molar-refractivity contribution in [2.75, 3.05) is 19.6 Å². The third-order valence-corrected chi connectivity index (χ3v) is 5.41. The van der Waals surface area contributed by atoms with E-state index in [1.165, 1.54) is 18.2 Å². The molecule has 0 aromatic rings. The highest BCUT2D eigenvalue weighted by Gasteiger charge is 2.49. The second kappa shape index (κ2) is 6.85. The first-order valence-electron chi connectivity index (χ1n) is 8.05. The van der Waals surface area contributed by atoms with Gasteiger partial charge in [0.25, 0.3) is 0 Å². The van der Waals surface area contributed by atoms with Crippen molar-refractivity contribution in [1.29, 1.82) is 5.26 Å². The fraction of sp³-hybridized carbons (Fsp3) is 0.625. The first kappa shape index (κ1) is 16.2. The maximum absolute atomic E-state index is 12.1. The molecule has 1 saturated heterocycles. The molecule has 0 spiro atoms. The van der Waals surface area contributed by atoms with E-state index >= 15 is 0 Å². The Kier molecular flexibility index (Phi) is 4.83. The van der Waals surface area contributed by atoms with Gasteiger partial charge >= 0.3 is 0 Å². The number of aliphatic imine (C=N–C) groups is 2. The molecule has 2 fully saturated rings. The molecule has 0 unspecified atom stereocenters. The monoisotopic (exact) mass is 331 g/mol. The number of carbonyl (C=O) groups excluding carboxylic acids is 1. The SMILES string of the molecule is C=C1N=C(C2(C#N)CC2)NC(=O)CN=C([C@H]2CCCCNC2)S1. The Balaban J connectivity index is 1.80. The van der Waals surface area contributed by atoms with E-state index < -0.39 is 5.41 Å². The summed E-state index contributed by atoms with van der Waals surface area (Å²) in [7, 11) is 0. The molecule has 122 valence electrons. The van der Waals surface area contributed by atoms with Crippen LogP contribution in [-0.4, -0.2) is 36.4 Å². The maximum atomic E-state index is 12.1. The Bertz CT molecular complexity index is 606. The molecule has 7 heteroatoms. The molecule has 3 rings (SSSR count). The number of nitrogens with one attached hydrogen (secondary N) is 2. The molecule has 2 aliphatic heterocycles. The van der Waals surface area contributed by atoms with Crippen molar-refractivity contribution in [3.8, 4) is 6.07 Å². The van der Waals surface area contributed by atoms with Crippen LogP contribution in [0.3, 0.4) is 0 Å². The summed E-state index contributed by atoms with van der Waals surface area (Å²) in [5.41, 5.74) is -0.631. The van der Waals surface area contributed by atoms with Crippen LogP contribution in [0.2, 0.25) is 0 Å². The lowest BCUT2D eigenvalue weighted by Crippen LogP contribution is -2.37. The van der Waals surface area contributed by atoms with Gasteiger partial charge in [-0.3, -0.25) is 9.79 Å². The van der Waals surface area contributed by atoms with E-state index in [1.807, 2.05) is 0 Å². The van der Waals surface area contributed by atoms with Gasteiger partial charge in [0.2, 0.25) is 5.91 Å². The average molecular weight is 331 g/mol. The fourth-order valence-electron chi connectivity index (χ4n) is 2.85. The number of hydrogen-bond donors (Lipinski definition) is 2. The molecule has 0 bridgehead atoms. The van der Waals surface area contributed by atoms with Crippen molar-refractivity contribution >= 4 is 28.5 Å². The predicted molar refractivity (Wildman–Crippen MR) is 92.1 cm³/mol. The number of amidine groups is 1. The number of amides is 1. The molecule has 0 aromatic heterocycles. The third-order valence-electron chi connectivity index (χ3n) is 4.41. The zero-order valence-electron chi connectivity index (χ0n) is 13.1. The highest BCUT2D eigenvalue weighted by molar-refractivity contribution is 8.17. The first-order valence-corrected chi connectivity index (χ1v) is 8.87. The summed E-state index contributed by atoms with van der Waals surface area (Å²) in [6, 6.07) is 2.27. The van der Waals surface area contributed by atoms with Crippen molar-refractivity contribution in [2.45, 2.75) is 32.1 Å². The molecule has 1 saturated carbocycles. The summed E-state index contributed by atoms with van der Waals surface area (Å²) >= 11 is 1.44. The molecule has 0 aromatic carbocycles. The molecule has 0 radical (unpaired) electrons. The van der Waals surface area contributed by atoms with Crippen LogP contribution in [0.15, 0.2) is 21.6 Å². The summed E-state index contributed by atoms with van der Waals surface area (Å²) in [6.07, 6.45) is 4.86. The highest BCUT2D eigenvalue weighted by atomic mass is 32.2. The van der Waals surface area contributed by atoms with Gasteiger partial charge in [-0.25, -0.2) is 4.99 Å². The van der Waals surface area contributed by atoms with Gasteiger partial charge in [-0.05, 0) is 32.2 Å². The van der Waals surface area contributed by atoms with Gasteiger partial charge in [-0.1, -0.05) is 24.8 Å². The van der Waals surface area contributed by atoms with Gasteiger partial charge in [0.15, 0.2) is 0 Å². The van der Waals surface area contributed by atoms with Crippen LogP contribution in [-0.2, 0) is 4.79 Å². The summed E-state index contributed by atoms with van der Waals surface area (Å²) < 4.78 is 0. The van der Waals surface area contributed by atoms with E-state index in [-0.39, 0.29) is 12.5 Å². The van der Waals surface area contributed by atoms with Crippen LogP contribution in [0.25, 0.3) is 0 Å². The number of hydrogen-bond acceptors (Lipinski definition) is 6. The van der Waals surface area contributed by atoms with Crippen LogP contribution in [0.5, 0.6) is 0 Å². The van der Waals surface area contributed by atoms with Crippen LogP contribution in [0.4, 0.5) is 0 Å². The largest absolute Gasteiger partial charge is 0.316 e. The first-order chi connectivity index (χ1) is 11.1. The zero-order chi connectivity index (χ0) is 16.3. The van der Waals surface area contributed by atoms with Crippen molar-refractivity contribution in [3.05, 3.63) is 11.6 Å². The molecule has 1 aliphatic carbocycles. The summed E-state index contributed by atoms with van der Waals surface area (Å²) in [6.45, 7) is 5.97. The number of nitriles is 1. The number of nitrogens with zero attached hydrogens (tertiary/aromatic N) is 3. The van der Waals surface area contributed by atoms with Crippen molar-refractivity contribution < 1.29 is 4.79 Å². The van der Waals surface area contributed by atoms with E-state index in [2.05, 4.69) is 33.3 Å². The van der Waals surface area contributed by atoms with Gasteiger partial charge in [0, 0.05) is 12.5 Å². The van der Waals surface area contributed by atoms with E-state index in [4.69, 9.17) is 0 Å². The van der Waals surface area contributed by atoms with E-state index in [0.717, 1.165) is 43.8 Å². The van der Waals surface area contributed by atoms with E-state index in [9.17, 15) is 10.1 Å². The Morgan fingerprint density at radius 3 is 2.96 bits per heavy atom.